The van der Waals surface area contributed by atoms with E-state index in [1.54, 1.807) is 6.92 Å². The Bertz CT molecular complexity index is 345. The lowest BCUT2D eigenvalue weighted by molar-refractivity contribution is 0.0132. The van der Waals surface area contributed by atoms with Crippen LogP contribution in [0.1, 0.15) is 26.3 Å². The highest BCUT2D eigenvalue weighted by atomic mass is 19.1. The summed E-state index contributed by atoms with van der Waals surface area (Å²) in [6, 6.07) is 3.42. The van der Waals surface area contributed by atoms with E-state index >= 15 is 0 Å². The van der Waals surface area contributed by atoms with Crippen molar-refractivity contribution in [3.63, 3.8) is 0 Å². The molecule has 1 N–H and O–H groups in total. The maximum Gasteiger partial charge on any atom is 0.129 e. The molecule has 3 heteroatoms. The summed E-state index contributed by atoms with van der Waals surface area (Å²) < 4.78 is 25.9. The standard InChI is InChI=1S/C12H16F2O/c1-8(2)12(3,15)7-9-4-5-10(13)6-11(9)14/h4-6,8,15H,7H2,1-3H3. The topological polar surface area (TPSA) is 20.2 Å². The normalized spacial score (nSPS) is 15.4. The van der Waals surface area contributed by atoms with Gasteiger partial charge in [-0.25, -0.2) is 8.78 Å². The molecule has 0 aliphatic rings. The number of halogens is 2. The average Bonchev–Trinajstić information content (AvgIpc) is 2.09. The maximum absolute atomic E-state index is 13.3. The van der Waals surface area contributed by atoms with Crippen LogP contribution in [-0.2, 0) is 6.42 Å². The van der Waals surface area contributed by atoms with E-state index in [1.165, 1.54) is 12.1 Å². The molecule has 0 fully saturated rings. The van der Waals surface area contributed by atoms with Crippen molar-refractivity contribution in [2.45, 2.75) is 32.8 Å². The SMILES string of the molecule is CC(C)C(C)(O)Cc1ccc(F)cc1F. The molecule has 0 aliphatic carbocycles. The zero-order chi connectivity index (χ0) is 11.6. The van der Waals surface area contributed by atoms with Gasteiger partial charge in [0, 0.05) is 12.5 Å². The van der Waals surface area contributed by atoms with Crippen molar-refractivity contribution in [2.24, 2.45) is 5.92 Å². The lowest BCUT2D eigenvalue weighted by Crippen LogP contribution is -2.33. The number of aliphatic hydroxyl groups is 1. The third-order valence-corrected chi connectivity index (χ3v) is 2.81. The Morgan fingerprint density at radius 2 is 1.93 bits per heavy atom. The highest BCUT2D eigenvalue weighted by Gasteiger charge is 2.26. The van der Waals surface area contributed by atoms with E-state index in [-0.39, 0.29) is 12.3 Å². The Labute approximate surface area is 88.7 Å². The second kappa shape index (κ2) is 4.27. The summed E-state index contributed by atoms with van der Waals surface area (Å²) in [5.74, 6) is -1.18. The summed E-state index contributed by atoms with van der Waals surface area (Å²) in [6.45, 7) is 5.38. The molecule has 0 bridgehead atoms. The lowest BCUT2D eigenvalue weighted by atomic mass is 9.86. The highest BCUT2D eigenvalue weighted by Crippen LogP contribution is 2.23. The van der Waals surface area contributed by atoms with Crippen molar-refractivity contribution in [3.05, 3.63) is 35.4 Å². The van der Waals surface area contributed by atoms with Crippen molar-refractivity contribution < 1.29 is 13.9 Å². The summed E-state index contributed by atoms with van der Waals surface area (Å²) in [5, 5.41) is 9.98. The molecule has 0 heterocycles. The minimum absolute atomic E-state index is 0.0157. The van der Waals surface area contributed by atoms with E-state index in [9.17, 15) is 13.9 Å². The van der Waals surface area contributed by atoms with E-state index in [4.69, 9.17) is 0 Å². The molecular weight excluding hydrogens is 198 g/mol. The van der Waals surface area contributed by atoms with Gasteiger partial charge in [-0.05, 0) is 24.5 Å². The first-order chi connectivity index (χ1) is 6.83. The van der Waals surface area contributed by atoms with Crippen molar-refractivity contribution >= 4 is 0 Å². The molecule has 1 aromatic rings. The second-order valence-electron chi connectivity index (χ2n) is 4.42. The van der Waals surface area contributed by atoms with Crippen LogP contribution in [0, 0.1) is 17.6 Å². The number of rotatable bonds is 3. The molecule has 15 heavy (non-hydrogen) atoms. The first-order valence-electron chi connectivity index (χ1n) is 4.99. The van der Waals surface area contributed by atoms with Gasteiger partial charge in [0.05, 0.1) is 5.60 Å². The molecule has 0 amide bonds. The third-order valence-electron chi connectivity index (χ3n) is 2.81. The van der Waals surface area contributed by atoms with Gasteiger partial charge in [-0.3, -0.25) is 0 Å². The number of benzene rings is 1. The van der Waals surface area contributed by atoms with E-state index < -0.39 is 17.2 Å². The van der Waals surface area contributed by atoms with Crippen LogP contribution in [0.5, 0.6) is 0 Å². The van der Waals surface area contributed by atoms with Gasteiger partial charge in [0.1, 0.15) is 11.6 Å². The molecule has 1 unspecified atom stereocenters. The van der Waals surface area contributed by atoms with Crippen LogP contribution in [0.2, 0.25) is 0 Å². The molecule has 1 rings (SSSR count). The van der Waals surface area contributed by atoms with Crippen LogP contribution in [0.4, 0.5) is 8.78 Å². The smallest absolute Gasteiger partial charge is 0.129 e. The van der Waals surface area contributed by atoms with Crippen molar-refractivity contribution in [1.29, 1.82) is 0 Å². The van der Waals surface area contributed by atoms with Crippen LogP contribution < -0.4 is 0 Å². The summed E-state index contributed by atoms with van der Waals surface area (Å²) in [7, 11) is 0. The Kier molecular flexibility index (Phi) is 3.45. The van der Waals surface area contributed by atoms with Gasteiger partial charge in [0.15, 0.2) is 0 Å². The van der Waals surface area contributed by atoms with Crippen molar-refractivity contribution in [2.75, 3.05) is 0 Å². The summed E-state index contributed by atoms with van der Waals surface area (Å²) in [5.41, 5.74) is -0.631. The van der Waals surface area contributed by atoms with Gasteiger partial charge in [0.25, 0.3) is 0 Å². The zero-order valence-electron chi connectivity index (χ0n) is 9.22. The largest absolute Gasteiger partial charge is 0.390 e. The molecule has 0 spiro atoms. The summed E-state index contributed by atoms with van der Waals surface area (Å²) >= 11 is 0. The van der Waals surface area contributed by atoms with Crippen molar-refractivity contribution in [3.8, 4) is 0 Å². The highest BCUT2D eigenvalue weighted by molar-refractivity contribution is 5.20. The molecule has 0 saturated heterocycles. The fourth-order valence-corrected chi connectivity index (χ4v) is 1.25. The first-order valence-corrected chi connectivity index (χ1v) is 4.99. The van der Waals surface area contributed by atoms with Crippen LogP contribution in [0.15, 0.2) is 18.2 Å². The lowest BCUT2D eigenvalue weighted by Gasteiger charge is -2.27. The fraction of sp³-hybridized carbons (Fsp3) is 0.500. The second-order valence-corrected chi connectivity index (χ2v) is 4.42. The summed E-state index contributed by atoms with van der Waals surface area (Å²) in [6.07, 6.45) is 0.191. The van der Waals surface area contributed by atoms with Crippen LogP contribution in [0.3, 0.4) is 0 Å². The maximum atomic E-state index is 13.3. The van der Waals surface area contributed by atoms with Gasteiger partial charge in [-0.15, -0.1) is 0 Å². The molecule has 84 valence electrons. The first kappa shape index (κ1) is 12.1. The molecular formula is C12H16F2O. The molecule has 0 aliphatic heterocycles. The quantitative estimate of drug-likeness (QED) is 0.820. The molecule has 0 saturated carbocycles. The van der Waals surface area contributed by atoms with E-state index in [0.29, 0.717) is 5.56 Å². The predicted molar refractivity (Wildman–Crippen MR) is 55.5 cm³/mol. The van der Waals surface area contributed by atoms with Gasteiger partial charge < -0.3 is 5.11 Å². The van der Waals surface area contributed by atoms with E-state index in [1.807, 2.05) is 13.8 Å². The number of hydrogen-bond acceptors (Lipinski definition) is 1. The monoisotopic (exact) mass is 214 g/mol. The minimum Gasteiger partial charge on any atom is -0.390 e. The molecule has 1 aromatic carbocycles. The average molecular weight is 214 g/mol. The third kappa shape index (κ3) is 2.99. The molecule has 1 atom stereocenters. The van der Waals surface area contributed by atoms with Crippen molar-refractivity contribution in [1.82, 2.24) is 0 Å². The number of hydrogen-bond donors (Lipinski definition) is 1. The van der Waals surface area contributed by atoms with Crippen LogP contribution >= 0.6 is 0 Å². The molecule has 0 aromatic heterocycles. The van der Waals surface area contributed by atoms with Crippen LogP contribution in [0.25, 0.3) is 0 Å². The Hall–Kier alpha value is -0.960. The zero-order valence-corrected chi connectivity index (χ0v) is 9.22. The van der Waals surface area contributed by atoms with Gasteiger partial charge in [-0.2, -0.15) is 0 Å². The molecule has 1 nitrogen and oxygen atoms in total. The Balaban J connectivity index is 2.90. The molecule has 0 radical (unpaired) electrons. The predicted octanol–water partition coefficient (Wildman–Crippen LogP) is 2.91. The van der Waals surface area contributed by atoms with Gasteiger partial charge >= 0.3 is 0 Å². The van der Waals surface area contributed by atoms with Crippen LogP contribution in [-0.4, -0.2) is 10.7 Å². The van der Waals surface area contributed by atoms with E-state index in [2.05, 4.69) is 0 Å². The Morgan fingerprint density at radius 1 is 1.33 bits per heavy atom. The van der Waals surface area contributed by atoms with Gasteiger partial charge in [0.2, 0.25) is 0 Å². The fourth-order valence-electron chi connectivity index (χ4n) is 1.25. The Morgan fingerprint density at radius 3 is 2.40 bits per heavy atom. The van der Waals surface area contributed by atoms with E-state index in [0.717, 1.165) is 6.07 Å². The minimum atomic E-state index is -0.974. The van der Waals surface area contributed by atoms with Gasteiger partial charge in [-0.1, -0.05) is 19.9 Å². The summed E-state index contributed by atoms with van der Waals surface area (Å²) in [4.78, 5) is 0.